The highest BCUT2D eigenvalue weighted by atomic mass is 79.9. The molecular formula is C46H57Br2N9O6. The van der Waals surface area contributed by atoms with Crippen LogP contribution in [-0.4, -0.2) is 152 Å². The second-order valence-electron chi connectivity index (χ2n) is 17.1. The smallest absolute Gasteiger partial charge is 0.281 e. The van der Waals surface area contributed by atoms with Gasteiger partial charge in [-0.2, -0.15) is 5.10 Å². The Balaban J connectivity index is 0.689. The summed E-state index contributed by atoms with van der Waals surface area (Å²) >= 11 is 7.23. The Morgan fingerprint density at radius 3 is 2.13 bits per heavy atom. The van der Waals surface area contributed by atoms with Gasteiger partial charge in [-0.1, -0.05) is 56.1 Å². The van der Waals surface area contributed by atoms with Crippen LogP contribution in [0.4, 0.5) is 0 Å². The lowest BCUT2D eigenvalue weighted by Crippen LogP contribution is -2.49. The maximum Gasteiger partial charge on any atom is 0.281 e. The van der Waals surface area contributed by atoms with Gasteiger partial charge < -0.3 is 34.5 Å². The first kappa shape index (κ1) is 45.5. The number of amides is 1. The van der Waals surface area contributed by atoms with Gasteiger partial charge in [0.25, 0.3) is 5.56 Å². The Morgan fingerprint density at radius 2 is 1.46 bits per heavy atom. The number of piperidine rings is 1. The number of nitrogens with zero attached hydrogens (tertiary/aromatic N) is 8. The lowest BCUT2D eigenvalue weighted by molar-refractivity contribution is -0.122. The molecule has 3 aromatic carbocycles. The van der Waals surface area contributed by atoms with Crippen LogP contribution < -0.4 is 10.9 Å². The summed E-state index contributed by atoms with van der Waals surface area (Å²) in [5.74, 6) is -0.0943. The van der Waals surface area contributed by atoms with Gasteiger partial charge in [0.05, 0.1) is 63.2 Å². The molecule has 1 unspecified atom stereocenters. The molecule has 1 atom stereocenters. The van der Waals surface area contributed by atoms with Crippen LogP contribution in [0.5, 0.6) is 0 Å². The molecule has 336 valence electrons. The number of carbonyl (C=O) groups excluding carboxylic acids is 1. The first-order chi connectivity index (χ1) is 30.4. The van der Waals surface area contributed by atoms with E-state index in [1.54, 1.807) is 11.7 Å². The number of benzene rings is 3. The van der Waals surface area contributed by atoms with Crippen molar-refractivity contribution in [1.29, 1.82) is 0 Å². The van der Waals surface area contributed by atoms with E-state index in [9.17, 15) is 19.8 Å². The van der Waals surface area contributed by atoms with E-state index in [-0.39, 0.29) is 29.9 Å². The SMILES string of the molecule is CN1CCC(O)(Cn2cnc3c(-c4ccc(CNC(=O)CCOCCOCCN5CCN(CC(O)Cn6c7ccc(Br)cc7c7cc(Br)ccc76)CC5)cc4)n(C)nc3c2=O)CC1. The van der Waals surface area contributed by atoms with Crippen LogP contribution in [-0.2, 0) is 41.0 Å². The van der Waals surface area contributed by atoms with Gasteiger partial charge in [0.1, 0.15) is 5.52 Å². The Hall–Kier alpha value is -4.04. The molecule has 0 aliphatic carbocycles. The predicted molar refractivity (Wildman–Crippen MR) is 252 cm³/mol. The molecule has 2 fully saturated rings. The van der Waals surface area contributed by atoms with Crippen molar-refractivity contribution in [3.8, 4) is 11.3 Å². The van der Waals surface area contributed by atoms with Crippen LogP contribution in [0.25, 0.3) is 44.1 Å². The minimum Gasteiger partial charge on any atom is -0.390 e. The first-order valence-corrected chi connectivity index (χ1v) is 23.4. The molecule has 63 heavy (non-hydrogen) atoms. The molecule has 1 amide bonds. The summed E-state index contributed by atoms with van der Waals surface area (Å²) in [6, 6.07) is 20.4. The molecule has 2 aliphatic heterocycles. The average molecular weight is 992 g/mol. The number of halogens is 2. The van der Waals surface area contributed by atoms with Crippen molar-refractivity contribution >= 4 is 70.6 Å². The Bertz CT molecular complexity index is 2520. The fourth-order valence-corrected chi connectivity index (χ4v) is 9.52. The van der Waals surface area contributed by atoms with Crippen LogP contribution in [0.15, 0.2) is 80.7 Å². The van der Waals surface area contributed by atoms with E-state index in [0.717, 1.165) is 82.6 Å². The fraction of sp³-hybridized carbons (Fsp3) is 0.478. The minimum absolute atomic E-state index is 0.0943. The topological polar surface area (TPSA) is 155 Å². The number of aliphatic hydroxyl groups excluding tert-OH is 1. The second-order valence-corrected chi connectivity index (χ2v) is 18.9. The molecule has 0 bridgehead atoms. The number of nitrogens with one attached hydrogen (secondary N) is 1. The van der Waals surface area contributed by atoms with E-state index in [0.29, 0.717) is 64.4 Å². The number of rotatable bonds is 18. The van der Waals surface area contributed by atoms with Gasteiger partial charge in [-0.25, -0.2) is 4.98 Å². The molecule has 0 saturated carbocycles. The summed E-state index contributed by atoms with van der Waals surface area (Å²) in [4.78, 5) is 37.5. The molecule has 6 aromatic rings. The lowest BCUT2D eigenvalue weighted by Gasteiger charge is -2.36. The normalized spacial score (nSPS) is 17.0. The third-order valence-electron chi connectivity index (χ3n) is 12.4. The fourth-order valence-electron chi connectivity index (χ4n) is 8.80. The zero-order valence-electron chi connectivity index (χ0n) is 36.0. The van der Waals surface area contributed by atoms with E-state index < -0.39 is 11.7 Å². The number of hydrogen-bond acceptors (Lipinski definition) is 11. The van der Waals surface area contributed by atoms with Crippen molar-refractivity contribution in [3.05, 3.63) is 91.9 Å². The summed E-state index contributed by atoms with van der Waals surface area (Å²) in [6.45, 7) is 9.60. The zero-order valence-corrected chi connectivity index (χ0v) is 39.2. The summed E-state index contributed by atoms with van der Waals surface area (Å²) in [6.07, 6.45) is 2.47. The van der Waals surface area contributed by atoms with Gasteiger partial charge in [0.2, 0.25) is 5.91 Å². The minimum atomic E-state index is -0.945. The van der Waals surface area contributed by atoms with E-state index in [4.69, 9.17) is 9.47 Å². The molecule has 3 aromatic heterocycles. The van der Waals surface area contributed by atoms with E-state index >= 15 is 0 Å². The van der Waals surface area contributed by atoms with Crippen molar-refractivity contribution in [2.45, 2.75) is 50.6 Å². The number of ether oxygens (including phenoxy) is 2. The van der Waals surface area contributed by atoms with Crippen LogP contribution in [0.1, 0.15) is 24.8 Å². The number of aryl methyl sites for hydroxylation is 1. The van der Waals surface area contributed by atoms with Crippen molar-refractivity contribution < 1.29 is 24.5 Å². The number of carbonyl (C=O) groups is 1. The largest absolute Gasteiger partial charge is 0.390 e. The van der Waals surface area contributed by atoms with Gasteiger partial charge in [-0.3, -0.25) is 28.6 Å². The maximum atomic E-state index is 13.4. The molecule has 2 aliphatic rings. The molecule has 8 rings (SSSR count). The monoisotopic (exact) mass is 989 g/mol. The van der Waals surface area contributed by atoms with Crippen LogP contribution >= 0.6 is 31.9 Å². The second kappa shape index (κ2) is 20.4. The number of piperazine rings is 1. The molecule has 5 heterocycles. The van der Waals surface area contributed by atoms with Crippen LogP contribution in [0, 0.1) is 0 Å². The number of fused-ring (bicyclic) bond motifs is 4. The van der Waals surface area contributed by atoms with Crippen molar-refractivity contribution in [3.63, 3.8) is 0 Å². The van der Waals surface area contributed by atoms with E-state index in [1.807, 2.05) is 31.3 Å². The Kier molecular flexibility index (Phi) is 14.8. The van der Waals surface area contributed by atoms with Gasteiger partial charge in [-0.05, 0) is 61.9 Å². The molecule has 17 heteroatoms. The maximum absolute atomic E-state index is 13.4. The van der Waals surface area contributed by atoms with Gasteiger partial charge in [-0.15, -0.1) is 0 Å². The number of hydrogen-bond donors (Lipinski definition) is 3. The average Bonchev–Trinajstić information content (AvgIpc) is 3.76. The van der Waals surface area contributed by atoms with E-state index in [1.165, 1.54) is 21.7 Å². The van der Waals surface area contributed by atoms with Crippen molar-refractivity contribution in [1.82, 2.24) is 43.9 Å². The first-order valence-electron chi connectivity index (χ1n) is 21.8. The molecule has 3 N–H and O–H groups in total. The summed E-state index contributed by atoms with van der Waals surface area (Å²) in [5.41, 5.74) is 4.33. The summed E-state index contributed by atoms with van der Waals surface area (Å²) < 4.78 is 19.0. The van der Waals surface area contributed by atoms with Crippen molar-refractivity contribution in [2.24, 2.45) is 7.05 Å². The molecule has 0 radical (unpaired) electrons. The van der Waals surface area contributed by atoms with E-state index in [2.05, 4.69) is 103 Å². The predicted octanol–water partition coefficient (Wildman–Crippen LogP) is 4.60. The zero-order chi connectivity index (χ0) is 44.1. The molecule has 0 spiro atoms. The third-order valence-corrected chi connectivity index (χ3v) is 13.4. The highest BCUT2D eigenvalue weighted by molar-refractivity contribution is 9.10. The number of aliphatic hydroxyl groups is 2. The molecule has 2 saturated heterocycles. The Morgan fingerprint density at radius 1 is 0.825 bits per heavy atom. The number of likely N-dealkylation sites (tertiary alicyclic amines) is 1. The van der Waals surface area contributed by atoms with Crippen LogP contribution in [0.2, 0.25) is 0 Å². The number of β-amino-alcohol motifs (C(OH)–C–C–N with tert-alkyl or cyclic N) is 1. The molecule has 15 nitrogen and oxygen atoms in total. The molecular weight excluding hydrogens is 934 g/mol. The summed E-state index contributed by atoms with van der Waals surface area (Å²) in [5, 5.41) is 32.1. The highest BCUT2D eigenvalue weighted by Crippen LogP contribution is 2.33. The van der Waals surface area contributed by atoms with Crippen molar-refractivity contribution in [2.75, 3.05) is 85.8 Å². The Labute approximate surface area is 383 Å². The summed E-state index contributed by atoms with van der Waals surface area (Å²) in [7, 11) is 3.82. The standard InChI is InChI=1S/C46H57Br2N9O6/c1-52-14-12-46(61,13-15-52)30-56-31-50-42-43(45(56)60)51-53(2)44(42)33-5-3-32(4-6-33)27-49-41(59)11-21-62-23-24-63-22-20-54-16-18-55(19-17-54)28-36(58)29-57-39-9-7-34(47)25-37(39)38-26-35(48)8-10-40(38)57/h3-10,25-26,31,36,58,61H,11-24,27-30H2,1-2H3,(H,49,59). The van der Waals surface area contributed by atoms with Gasteiger partial charge in [0, 0.05) is 109 Å². The quantitative estimate of drug-likeness (QED) is 0.104. The number of aromatic nitrogens is 5. The van der Waals surface area contributed by atoms with Gasteiger partial charge >= 0.3 is 0 Å². The van der Waals surface area contributed by atoms with Gasteiger partial charge in [0.15, 0.2) is 5.52 Å². The highest BCUT2D eigenvalue weighted by Gasteiger charge is 2.32. The third kappa shape index (κ3) is 11.1. The lowest BCUT2D eigenvalue weighted by atomic mass is 9.91. The van der Waals surface area contributed by atoms with Crippen LogP contribution in [0.3, 0.4) is 0 Å².